The number of hydrogen-bond acceptors (Lipinski definition) is 2. The van der Waals surface area contributed by atoms with Crippen molar-refractivity contribution in [3.8, 4) is 0 Å². The van der Waals surface area contributed by atoms with Gasteiger partial charge in [0.05, 0.1) is 10.0 Å². The summed E-state index contributed by atoms with van der Waals surface area (Å²) in [7, 11) is 1.60. The molecule has 1 unspecified atom stereocenters. The molecule has 0 rings (SSSR count). The summed E-state index contributed by atoms with van der Waals surface area (Å²) < 4.78 is 3.84. The Balaban J connectivity index is 2.81. The Bertz CT molecular complexity index is 44.1. The van der Waals surface area contributed by atoms with Crippen molar-refractivity contribution in [2.24, 2.45) is 10.4 Å². The van der Waals surface area contributed by atoms with Crippen molar-refractivity contribution in [1.82, 2.24) is 0 Å². The Kier molecular flexibility index (Phi) is 3.17. The second kappa shape index (κ2) is 3.18. The molecule has 0 saturated carbocycles. The number of nitrogens with zero attached hydrogens (tertiary/aromatic N) is 1. The van der Waals surface area contributed by atoms with E-state index in [0.717, 1.165) is 6.54 Å². The summed E-state index contributed by atoms with van der Waals surface area (Å²) in [5, 5.41) is 0. The van der Waals surface area contributed by atoms with E-state index in [1.54, 1.807) is 10.0 Å². The molecule has 2 N–H and O–H groups in total. The van der Waals surface area contributed by atoms with Crippen LogP contribution in [0, 0.1) is 0 Å². The van der Waals surface area contributed by atoms with Gasteiger partial charge >= 0.3 is 0 Å². The molecular weight excluding hydrogens is 92.1 g/mol. The van der Waals surface area contributed by atoms with Crippen LogP contribution in [0.4, 0.5) is 0 Å². The number of nitrogens with two attached hydrogens (primary N) is 1. The summed E-state index contributed by atoms with van der Waals surface area (Å²) in [6.07, 6.45) is 0. The SMILES string of the molecule is CC(N)CN=[SiH2]. The van der Waals surface area contributed by atoms with Crippen LogP contribution >= 0.6 is 0 Å². The van der Waals surface area contributed by atoms with Gasteiger partial charge in [-0.3, -0.25) is 0 Å². The molecule has 0 aromatic carbocycles. The van der Waals surface area contributed by atoms with Crippen LogP contribution in [0.2, 0.25) is 0 Å². The molecule has 36 valence electrons. The van der Waals surface area contributed by atoms with Crippen molar-refractivity contribution < 1.29 is 0 Å². The minimum Gasteiger partial charge on any atom is -0.342 e. The first kappa shape index (κ1) is 5.98. The van der Waals surface area contributed by atoms with E-state index in [4.69, 9.17) is 5.73 Å². The fraction of sp³-hybridized carbons (Fsp3) is 1.00. The van der Waals surface area contributed by atoms with Crippen LogP contribution in [0.5, 0.6) is 0 Å². The molecule has 0 bridgehead atoms. The van der Waals surface area contributed by atoms with Crippen LogP contribution in [-0.2, 0) is 0 Å². The van der Waals surface area contributed by atoms with E-state index in [0.29, 0.717) is 0 Å². The maximum absolute atomic E-state index is 5.31. The fourth-order valence-corrected chi connectivity index (χ4v) is 0.611. The van der Waals surface area contributed by atoms with Crippen molar-refractivity contribution in [2.75, 3.05) is 6.54 Å². The van der Waals surface area contributed by atoms with Crippen LogP contribution in [0.3, 0.4) is 0 Å². The zero-order chi connectivity index (χ0) is 4.99. The molecule has 0 aliphatic rings. The summed E-state index contributed by atoms with van der Waals surface area (Å²) in [5.41, 5.74) is 5.31. The Morgan fingerprint density at radius 2 is 2.50 bits per heavy atom. The molecule has 0 spiro atoms. The lowest BCUT2D eigenvalue weighted by atomic mass is 10.4. The number of rotatable bonds is 2. The minimum atomic E-state index is 0.238. The molecule has 0 aliphatic carbocycles. The fourth-order valence-electron chi connectivity index (χ4n) is 0.204. The van der Waals surface area contributed by atoms with Gasteiger partial charge < -0.3 is 10.4 Å². The second-order valence-electron chi connectivity index (χ2n) is 1.38. The van der Waals surface area contributed by atoms with E-state index in [2.05, 4.69) is 4.63 Å². The van der Waals surface area contributed by atoms with E-state index in [9.17, 15) is 0 Å². The average Bonchev–Trinajstić information content (AvgIpc) is 1.35. The molecule has 1 atom stereocenters. The third-order valence-corrected chi connectivity index (χ3v) is 0.675. The largest absolute Gasteiger partial charge is 0.342 e. The van der Waals surface area contributed by atoms with Crippen LogP contribution in [-0.4, -0.2) is 22.6 Å². The monoisotopic (exact) mass is 102 g/mol. The van der Waals surface area contributed by atoms with Crippen LogP contribution in [0.15, 0.2) is 4.63 Å². The molecule has 6 heavy (non-hydrogen) atoms. The van der Waals surface area contributed by atoms with Crippen molar-refractivity contribution in [1.29, 1.82) is 0 Å². The quantitative estimate of drug-likeness (QED) is 0.453. The van der Waals surface area contributed by atoms with Gasteiger partial charge in [0.25, 0.3) is 0 Å². The summed E-state index contributed by atoms with van der Waals surface area (Å²) in [5.74, 6) is 0. The van der Waals surface area contributed by atoms with Gasteiger partial charge in [-0.2, -0.15) is 0 Å². The zero-order valence-electron chi connectivity index (χ0n) is 4.02. The first-order valence-electron chi connectivity index (χ1n) is 1.95. The smallest absolute Gasteiger partial charge is 0.0888 e. The molecule has 0 amide bonds. The molecular formula is C3H10N2Si. The highest BCUT2D eigenvalue weighted by Crippen LogP contribution is 1.70. The van der Waals surface area contributed by atoms with E-state index in [-0.39, 0.29) is 6.04 Å². The predicted octanol–water partition coefficient (Wildman–Crippen LogP) is -0.850. The Morgan fingerprint density at radius 3 is 2.50 bits per heavy atom. The zero-order valence-corrected chi connectivity index (χ0v) is 5.43. The Hall–Kier alpha value is -0.0231. The average molecular weight is 102 g/mol. The minimum absolute atomic E-state index is 0.238. The third kappa shape index (κ3) is 3.98. The molecule has 0 saturated heterocycles. The van der Waals surface area contributed by atoms with Crippen molar-refractivity contribution >= 4 is 10.0 Å². The third-order valence-electron chi connectivity index (χ3n) is 0.417. The Labute approximate surface area is 40.9 Å². The van der Waals surface area contributed by atoms with Gasteiger partial charge in [-0.05, 0) is 6.92 Å². The van der Waals surface area contributed by atoms with Crippen molar-refractivity contribution in [2.45, 2.75) is 13.0 Å². The highest BCUT2D eigenvalue weighted by Gasteiger charge is 1.82. The normalized spacial score (nSPS) is 13.7. The Morgan fingerprint density at radius 1 is 2.00 bits per heavy atom. The molecule has 0 aromatic heterocycles. The first-order chi connectivity index (χ1) is 2.77. The topological polar surface area (TPSA) is 38.4 Å². The van der Waals surface area contributed by atoms with Gasteiger partial charge in [-0.15, -0.1) is 0 Å². The summed E-state index contributed by atoms with van der Waals surface area (Å²) in [4.78, 5) is 0. The molecule has 0 aliphatic heterocycles. The summed E-state index contributed by atoms with van der Waals surface area (Å²) in [6, 6.07) is 0.238. The van der Waals surface area contributed by atoms with Crippen molar-refractivity contribution in [3.05, 3.63) is 0 Å². The van der Waals surface area contributed by atoms with Gasteiger partial charge in [-0.1, -0.05) is 0 Å². The van der Waals surface area contributed by atoms with E-state index in [1.165, 1.54) is 0 Å². The van der Waals surface area contributed by atoms with Gasteiger partial charge in [0, 0.05) is 12.6 Å². The molecule has 0 fully saturated rings. The van der Waals surface area contributed by atoms with Gasteiger partial charge in [0.15, 0.2) is 0 Å². The molecule has 3 heteroatoms. The van der Waals surface area contributed by atoms with Gasteiger partial charge in [0.2, 0.25) is 0 Å². The molecule has 2 nitrogen and oxygen atoms in total. The highest BCUT2D eigenvalue weighted by molar-refractivity contribution is 5.91. The van der Waals surface area contributed by atoms with E-state index < -0.39 is 0 Å². The standard InChI is InChI=1S/C3H10N2Si/c1-3(4)2-5-6/h3H,2,4,6H2,1H3. The first-order valence-corrected chi connectivity index (χ1v) is 2.58. The second-order valence-corrected chi connectivity index (χ2v) is 1.83. The van der Waals surface area contributed by atoms with E-state index >= 15 is 0 Å². The lowest BCUT2D eigenvalue weighted by Crippen LogP contribution is -2.17. The van der Waals surface area contributed by atoms with Crippen LogP contribution in [0.25, 0.3) is 0 Å². The highest BCUT2D eigenvalue weighted by atomic mass is 28.1. The van der Waals surface area contributed by atoms with Crippen molar-refractivity contribution in [3.63, 3.8) is 0 Å². The molecule has 0 heterocycles. The summed E-state index contributed by atoms with van der Waals surface area (Å²) >= 11 is 0. The van der Waals surface area contributed by atoms with Crippen LogP contribution in [0.1, 0.15) is 6.92 Å². The van der Waals surface area contributed by atoms with Gasteiger partial charge in [-0.25, -0.2) is 0 Å². The predicted molar refractivity (Wildman–Crippen MR) is 29.5 cm³/mol. The van der Waals surface area contributed by atoms with Crippen LogP contribution < -0.4 is 5.73 Å². The maximum Gasteiger partial charge on any atom is 0.0888 e. The lowest BCUT2D eigenvalue weighted by molar-refractivity contribution is 0.758. The van der Waals surface area contributed by atoms with Gasteiger partial charge in [0.1, 0.15) is 0 Å². The summed E-state index contributed by atoms with van der Waals surface area (Å²) in [6.45, 7) is 2.73. The van der Waals surface area contributed by atoms with E-state index in [1.807, 2.05) is 6.92 Å². The lowest BCUT2D eigenvalue weighted by Gasteiger charge is -1.94. The molecule has 0 radical (unpaired) electrons. The number of hydrogen-bond donors (Lipinski definition) is 1. The maximum atomic E-state index is 5.31. The molecule has 0 aromatic rings.